The Bertz CT molecular complexity index is 292. The molecule has 1 aliphatic heterocycles. The Morgan fingerprint density at radius 3 is 2.58 bits per heavy atom. The molecule has 7 nitrogen and oxygen atoms in total. The van der Waals surface area contributed by atoms with E-state index >= 15 is 0 Å². The highest BCUT2D eigenvalue weighted by Crippen LogP contribution is 2.27. The maximum absolute atomic E-state index is 10.7. The third-order valence-corrected chi connectivity index (χ3v) is 4.30. The first kappa shape index (κ1) is 16.7. The van der Waals surface area contributed by atoms with Gasteiger partial charge in [0.15, 0.2) is 0 Å². The van der Waals surface area contributed by atoms with Gasteiger partial charge >= 0.3 is 0 Å². The van der Waals surface area contributed by atoms with Gasteiger partial charge in [0, 0.05) is 19.2 Å². The van der Waals surface area contributed by atoms with Crippen LogP contribution in [0.3, 0.4) is 0 Å². The number of aliphatic hydroxyl groups is 4. The summed E-state index contributed by atoms with van der Waals surface area (Å²) in [6.07, 6.45) is -4.44. The molecule has 112 valence electrons. The number of hydrogen-bond acceptors (Lipinski definition) is 7. The highest BCUT2D eigenvalue weighted by atomic mass is 32.2. The summed E-state index contributed by atoms with van der Waals surface area (Å²) < 4.78 is 5.40. The number of ether oxygens (including phenoxy) is 1. The van der Waals surface area contributed by atoms with Gasteiger partial charge in [0.25, 0.3) is 0 Å². The van der Waals surface area contributed by atoms with Crippen molar-refractivity contribution in [2.75, 3.05) is 25.5 Å². The van der Waals surface area contributed by atoms with Crippen LogP contribution in [-0.2, 0) is 9.53 Å². The lowest BCUT2D eigenvalue weighted by Crippen LogP contribution is -2.47. The number of rotatable bonds is 5. The van der Waals surface area contributed by atoms with Crippen molar-refractivity contribution in [3.8, 4) is 0 Å². The van der Waals surface area contributed by atoms with Gasteiger partial charge in [-0.3, -0.25) is 4.79 Å². The molecule has 0 aliphatic carbocycles. The maximum atomic E-state index is 10.7. The summed E-state index contributed by atoms with van der Waals surface area (Å²) in [5.41, 5.74) is 0. The first-order chi connectivity index (χ1) is 8.97. The second kappa shape index (κ2) is 8.03. The Morgan fingerprint density at radius 2 is 2.00 bits per heavy atom. The molecule has 1 saturated heterocycles. The molecule has 0 spiro atoms. The zero-order valence-corrected chi connectivity index (χ0v) is 11.5. The number of carbonyl (C=O) groups is 1. The van der Waals surface area contributed by atoms with Crippen LogP contribution < -0.4 is 5.32 Å². The molecule has 8 heteroatoms. The van der Waals surface area contributed by atoms with Crippen LogP contribution in [0.15, 0.2) is 0 Å². The van der Waals surface area contributed by atoms with Crippen molar-refractivity contribution >= 4 is 17.7 Å². The number of hydrogen-bond donors (Lipinski definition) is 5. The Labute approximate surface area is 116 Å². The molecule has 0 bridgehead atoms. The van der Waals surface area contributed by atoms with Crippen LogP contribution in [0.2, 0.25) is 0 Å². The third kappa shape index (κ3) is 4.90. The minimum Gasteiger partial charge on any atom is -0.395 e. The first-order valence-corrected chi connectivity index (χ1v) is 7.15. The quantitative estimate of drug-likeness (QED) is 0.362. The fourth-order valence-corrected chi connectivity index (χ4v) is 3.00. The van der Waals surface area contributed by atoms with E-state index in [9.17, 15) is 20.1 Å². The van der Waals surface area contributed by atoms with Crippen LogP contribution in [0.5, 0.6) is 0 Å². The van der Waals surface area contributed by atoms with Gasteiger partial charge in [0.1, 0.15) is 12.2 Å². The van der Waals surface area contributed by atoms with E-state index < -0.39 is 29.7 Å². The van der Waals surface area contributed by atoms with Crippen molar-refractivity contribution in [2.45, 2.75) is 36.6 Å². The van der Waals surface area contributed by atoms with Gasteiger partial charge in [-0.05, 0) is 0 Å². The number of thioether (sulfide) groups is 1. The molecule has 0 aromatic carbocycles. The van der Waals surface area contributed by atoms with Crippen molar-refractivity contribution < 1.29 is 30.0 Å². The van der Waals surface area contributed by atoms with Gasteiger partial charge in [0.2, 0.25) is 5.91 Å². The molecule has 1 aliphatic rings. The number of carbonyl (C=O) groups excluding carboxylic acids is 1. The van der Waals surface area contributed by atoms with Gasteiger partial charge < -0.3 is 30.5 Å². The largest absolute Gasteiger partial charge is 0.395 e. The minimum atomic E-state index is -1.36. The third-order valence-electron chi connectivity index (χ3n) is 2.92. The van der Waals surface area contributed by atoms with Crippen molar-refractivity contribution in [1.82, 2.24) is 5.32 Å². The van der Waals surface area contributed by atoms with E-state index in [-0.39, 0.29) is 19.1 Å². The Kier molecular flexibility index (Phi) is 7.05. The number of aliphatic hydroxyl groups excluding tert-OH is 4. The smallest absolute Gasteiger partial charge is 0.216 e. The van der Waals surface area contributed by atoms with E-state index in [1.807, 2.05) is 0 Å². The SMILES string of the molecule is CC(=O)NCCO[C@H]1CS[C@H](CO)[C@@H](O)[C@H](O)[C@@H]1O. The van der Waals surface area contributed by atoms with Crippen LogP contribution in [0.1, 0.15) is 6.92 Å². The van der Waals surface area contributed by atoms with Gasteiger partial charge in [0.05, 0.1) is 30.7 Å². The molecule has 1 rings (SSSR count). The fraction of sp³-hybridized carbons (Fsp3) is 0.909. The highest BCUT2D eigenvalue weighted by Gasteiger charge is 2.39. The van der Waals surface area contributed by atoms with E-state index in [4.69, 9.17) is 9.84 Å². The molecule has 0 saturated carbocycles. The first-order valence-electron chi connectivity index (χ1n) is 6.10. The van der Waals surface area contributed by atoms with Crippen LogP contribution in [-0.4, -0.2) is 81.5 Å². The summed E-state index contributed by atoms with van der Waals surface area (Å²) in [6.45, 7) is 1.62. The molecule has 0 unspecified atom stereocenters. The fourth-order valence-electron chi connectivity index (χ4n) is 1.80. The van der Waals surface area contributed by atoms with E-state index in [0.29, 0.717) is 12.3 Å². The van der Waals surface area contributed by atoms with Crippen LogP contribution in [0, 0.1) is 0 Å². The normalized spacial score (nSPS) is 35.7. The Morgan fingerprint density at radius 1 is 1.32 bits per heavy atom. The second-order valence-corrected chi connectivity index (χ2v) is 5.69. The number of amides is 1. The van der Waals surface area contributed by atoms with E-state index in [0.717, 1.165) is 0 Å². The lowest BCUT2D eigenvalue weighted by molar-refractivity contribution is -0.121. The molecule has 0 radical (unpaired) electrons. The van der Waals surface area contributed by atoms with Gasteiger partial charge in [-0.1, -0.05) is 0 Å². The van der Waals surface area contributed by atoms with Gasteiger partial charge in [-0.25, -0.2) is 0 Å². The monoisotopic (exact) mass is 295 g/mol. The minimum absolute atomic E-state index is 0.171. The molecule has 1 amide bonds. The van der Waals surface area contributed by atoms with E-state index in [1.165, 1.54) is 18.7 Å². The summed E-state index contributed by atoms with van der Waals surface area (Å²) >= 11 is 1.24. The predicted molar refractivity (Wildman–Crippen MR) is 69.8 cm³/mol. The van der Waals surface area contributed by atoms with Crippen molar-refractivity contribution in [3.05, 3.63) is 0 Å². The molecule has 1 heterocycles. The molecule has 19 heavy (non-hydrogen) atoms. The van der Waals surface area contributed by atoms with Crippen molar-refractivity contribution in [2.24, 2.45) is 0 Å². The summed E-state index contributed by atoms with van der Waals surface area (Å²) in [4.78, 5) is 10.7. The maximum Gasteiger partial charge on any atom is 0.216 e. The van der Waals surface area contributed by atoms with Crippen molar-refractivity contribution in [1.29, 1.82) is 0 Å². The Hall–Kier alpha value is -0.380. The Balaban J connectivity index is 2.47. The molecular formula is C11H21NO6S. The topological polar surface area (TPSA) is 119 Å². The van der Waals surface area contributed by atoms with Gasteiger partial charge in [-0.2, -0.15) is 11.8 Å². The lowest BCUT2D eigenvalue weighted by Gasteiger charge is -2.26. The van der Waals surface area contributed by atoms with Crippen LogP contribution >= 0.6 is 11.8 Å². The molecule has 5 N–H and O–H groups in total. The molecule has 1 fully saturated rings. The average molecular weight is 295 g/mol. The summed E-state index contributed by atoms with van der Waals surface area (Å²) in [5, 5.41) is 40.5. The lowest BCUT2D eigenvalue weighted by atomic mass is 10.0. The van der Waals surface area contributed by atoms with Crippen molar-refractivity contribution in [3.63, 3.8) is 0 Å². The summed E-state index contributed by atoms with van der Waals surface area (Å²) in [7, 11) is 0. The van der Waals surface area contributed by atoms with Crippen LogP contribution in [0.25, 0.3) is 0 Å². The predicted octanol–water partition coefficient (Wildman–Crippen LogP) is -2.30. The van der Waals surface area contributed by atoms with E-state index in [2.05, 4.69) is 5.32 Å². The molecule has 5 atom stereocenters. The van der Waals surface area contributed by atoms with Gasteiger partial charge in [-0.15, -0.1) is 0 Å². The number of nitrogens with one attached hydrogen (secondary N) is 1. The molecular weight excluding hydrogens is 274 g/mol. The average Bonchev–Trinajstić information content (AvgIpc) is 2.47. The second-order valence-electron chi connectivity index (χ2n) is 4.42. The zero-order chi connectivity index (χ0) is 14.4. The highest BCUT2D eigenvalue weighted by molar-refractivity contribution is 8.00. The molecule has 0 aromatic heterocycles. The summed E-state index contributed by atoms with van der Waals surface area (Å²) in [5.74, 6) is 0.177. The summed E-state index contributed by atoms with van der Waals surface area (Å²) in [6, 6.07) is 0. The van der Waals surface area contributed by atoms with Crippen LogP contribution in [0.4, 0.5) is 0 Å². The zero-order valence-electron chi connectivity index (χ0n) is 10.7. The standard InChI is InChI=1S/C11H21NO6S/c1-6(14)12-2-3-18-7-5-19-8(4-13)10(16)11(17)9(7)15/h7-11,13,15-17H,2-5H2,1H3,(H,12,14)/t7-,8+,9+,10+,11+/m0/s1. The van der Waals surface area contributed by atoms with E-state index in [1.54, 1.807) is 0 Å². The molecule has 0 aromatic rings.